The van der Waals surface area contributed by atoms with Gasteiger partial charge in [0.25, 0.3) is 0 Å². The molecular formula is C15H28ClN3. The number of hydrogen-bond donors (Lipinski definition) is 1. The van der Waals surface area contributed by atoms with Gasteiger partial charge in [0.05, 0.1) is 16.4 Å². The fourth-order valence-corrected chi connectivity index (χ4v) is 2.59. The second-order valence-electron chi connectivity index (χ2n) is 5.96. The smallest absolute Gasteiger partial charge is 0.0849 e. The monoisotopic (exact) mass is 285 g/mol. The van der Waals surface area contributed by atoms with Crippen molar-refractivity contribution in [2.75, 3.05) is 6.54 Å². The van der Waals surface area contributed by atoms with E-state index in [1.54, 1.807) is 0 Å². The van der Waals surface area contributed by atoms with Gasteiger partial charge in [-0.15, -0.1) is 0 Å². The SMILES string of the molecule is CCc1nn(C)c(CC(CNC(C)C)C(C)C)c1Cl. The summed E-state index contributed by atoms with van der Waals surface area (Å²) in [5.74, 6) is 1.21. The first kappa shape index (κ1) is 16.5. The number of hydrogen-bond acceptors (Lipinski definition) is 2. The number of aromatic nitrogens is 2. The van der Waals surface area contributed by atoms with Crippen molar-refractivity contribution in [1.29, 1.82) is 0 Å². The van der Waals surface area contributed by atoms with Crippen molar-refractivity contribution in [3.63, 3.8) is 0 Å². The lowest BCUT2D eigenvalue weighted by Crippen LogP contribution is -2.32. The Labute approximate surface area is 122 Å². The zero-order valence-electron chi connectivity index (χ0n) is 13.1. The maximum Gasteiger partial charge on any atom is 0.0849 e. The molecule has 0 bridgehead atoms. The van der Waals surface area contributed by atoms with Gasteiger partial charge in [0, 0.05) is 13.1 Å². The highest BCUT2D eigenvalue weighted by Gasteiger charge is 2.20. The van der Waals surface area contributed by atoms with Crippen LogP contribution in [0.25, 0.3) is 0 Å². The molecule has 3 nitrogen and oxygen atoms in total. The zero-order chi connectivity index (χ0) is 14.6. The van der Waals surface area contributed by atoms with E-state index >= 15 is 0 Å². The second kappa shape index (κ2) is 7.30. The molecule has 1 aromatic rings. The number of nitrogens with one attached hydrogen (secondary N) is 1. The summed E-state index contributed by atoms with van der Waals surface area (Å²) in [6.07, 6.45) is 1.88. The molecule has 1 unspecified atom stereocenters. The summed E-state index contributed by atoms with van der Waals surface area (Å²) in [7, 11) is 1.99. The first-order valence-electron chi connectivity index (χ1n) is 7.30. The molecular weight excluding hydrogens is 258 g/mol. The second-order valence-corrected chi connectivity index (χ2v) is 6.33. The summed E-state index contributed by atoms with van der Waals surface area (Å²) >= 11 is 6.44. The molecule has 0 aromatic carbocycles. The van der Waals surface area contributed by atoms with Crippen molar-refractivity contribution < 1.29 is 0 Å². The van der Waals surface area contributed by atoms with Gasteiger partial charge in [-0.1, -0.05) is 46.2 Å². The van der Waals surface area contributed by atoms with Crippen molar-refractivity contribution in [2.24, 2.45) is 18.9 Å². The summed E-state index contributed by atoms with van der Waals surface area (Å²) < 4.78 is 1.95. The molecule has 0 aliphatic rings. The molecule has 0 radical (unpaired) electrons. The van der Waals surface area contributed by atoms with Crippen molar-refractivity contribution in [1.82, 2.24) is 15.1 Å². The Hall–Kier alpha value is -0.540. The molecule has 1 N–H and O–H groups in total. The van der Waals surface area contributed by atoms with Gasteiger partial charge >= 0.3 is 0 Å². The third-order valence-corrected chi connectivity index (χ3v) is 4.13. The Kier molecular flexibility index (Phi) is 6.34. The summed E-state index contributed by atoms with van der Waals surface area (Å²) in [5.41, 5.74) is 2.18. The van der Waals surface area contributed by atoms with Crippen LogP contribution in [0.2, 0.25) is 5.02 Å². The van der Waals surface area contributed by atoms with Crippen molar-refractivity contribution in [2.45, 2.75) is 53.5 Å². The summed E-state index contributed by atoms with van der Waals surface area (Å²) in [6, 6.07) is 0.523. The molecule has 0 saturated heterocycles. The highest BCUT2D eigenvalue weighted by atomic mass is 35.5. The van der Waals surface area contributed by atoms with Gasteiger partial charge < -0.3 is 5.32 Å². The molecule has 1 aromatic heterocycles. The van der Waals surface area contributed by atoms with Crippen LogP contribution in [0.5, 0.6) is 0 Å². The Bertz CT molecular complexity index is 396. The van der Waals surface area contributed by atoms with Crippen LogP contribution in [0.15, 0.2) is 0 Å². The average Bonchev–Trinajstić information content (AvgIpc) is 2.60. The topological polar surface area (TPSA) is 29.9 Å². The van der Waals surface area contributed by atoms with E-state index in [0.717, 1.165) is 30.1 Å². The molecule has 0 spiro atoms. The van der Waals surface area contributed by atoms with Gasteiger partial charge in [-0.05, 0) is 31.2 Å². The van der Waals surface area contributed by atoms with Crippen LogP contribution in [-0.2, 0) is 19.9 Å². The Morgan fingerprint density at radius 3 is 2.32 bits per heavy atom. The highest BCUT2D eigenvalue weighted by molar-refractivity contribution is 6.31. The van der Waals surface area contributed by atoms with Gasteiger partial charge in [-0.25, -0.2) is 0 Å². The van der Waals surface area contributed by atoms with Crippen LogP contribution in [0.4, 0.5) is 0 Å². The third kappa shape index (κ3) is 4.50. The van der Waals surface area contributed by atoms with Crippen LogP contribution in [0.1, 0.15) is 46.0 Å². The minimum absolute atomic E-state index is 0.523. The molecule has 1 rings (SSSR count). The van der Waals surface area contributed by atoms with Crippen LogP contribution in [0.3, 0.4) is 0 Å². The fourth-order valence-electron chi connectivity index (χ4n) is 2.22. The Morgan fingerprint density at radius 2 is 1.89 bits per heavy atom. The molecule has 0 aliphatic heterocycles. The molecule has 110 valence electrons. The van der Waals surface area contributed by atoms with E-state index in [4.69, 9.17) is 11.6 Å². The van der Waals surface area contributed by atoms with E-state index in [9.17, 15) is 0 Å². The molecule has 0 aliphatic carbocycles. The molecule has 0 fully saturated rings. The normalized spacial score (nSPS) is 13.5. The number of aryl methyl sites for hydroxylation is 2. The predicted octanol–water partition coefficient (Wildman–Crippen LogP) is 3.45. The molecule has 0 saturated carbocycles. The minimum Gasteiger partial charge on any atom is -0.314 e. The molecule has 19 heavy (non-hydrogen) atoms. The largest absolute Gasteiger partial charge is 0.314 e. The first-order valence-corrected chi connectivity index (χ1v) is 7.68. The number of nitrogens with zero attached hydrogens (tertiary/aromatic N) is 2. The van der Waals surface area contributed by atoms with Crippen molar-refractivity contribution >= 4 is 11.6 Å². The third-order valence-electron chi connectivity index (χ3n) is 3.69. The number of halogens is 1. The highest BCUT2D eigenvalue weighted by Crippen LogP contribution is 2.25. The van der Waals surface area contributed by atoms with E-state index in [0.29, 0.717) is 17.9 Å². The Morgan fingerprint density at radius 1 is 1.26 bits per heavy atom. The molecule has 1 atom stereocenters. The zero-order valence-corrected chi connectivity index (χ0v) is 13.9. The van der Waals surface area contributed by atoms with Gasteiger partial charge in [0.15, 0.2) is 0 Å². The Balaban J connectivity index is 2.81. The molecule has 1 heterocycles. The summed E-state index contributed by atoms with van der Waals surface area (Å²) in [4.78, 5) is 0. The van der Waals surface area contributed by atoms with Crippen LogP contribution >= 0.6 is 11.6 Å². The van der Waals surface area contributed by atoms with E-state index < -0.39 is 0 Å². The van der Waals surface area contributed by atoms with Crippen LogP contribution in [-0.4, -0.2) is 22.4 Å². The first-order chi connectivity index (χ1) is 8.86. The average molecular weight is 286 g/mol. The van der Waals surface area contributed by atoms with E-state index in [-0.39, 0.29) is 0 Å². The van der Waals surface area contributed by atoms with E-state index in [1.165, 1.54) is 5.69 Å². The van der Waals surface area contributed by atoms with Crippen molar-refractivity contribution in [3.05, 3.63) is 16.4 Å². The van der Waals surface area contributed by atoms with Gasteiger partial charge in [0.2, 0.25) is 0 Å². The van der Waals surface area contributed by atoms with E-state index in [1.807, 2.05) is 11.7 Å². The lowest BCUT2D eigenvalue weighted by Gasteiger charge is -2.23. The maximum absolute atomic E-state index is 6.44. The number of rotatable bonds is 7. The fraction of sp³-hybridized carbons (Fsp3) is 0.800. The standard InChI is InChI=1S/C15H28ClN3/c1-7-13-15(16)14(19(6)18-13)8-12(10(2)3)9-17-11(4)5/h10-12,17H,7-9H2,1-6H3. The molecule has 4 heteroatoms. The van der Waals surface area contributed by atoms with Gasteiger partial charge in [-0.3, -0.25) is 4.68 Å². The molecule has 0 amide bonds. The quantitative estimate of drug-likeness (QED) is 0.832. The van der Waals surface area contributed by atoms with E-state index in [2.05, 4.69) is 45.0 Å². The minimum atomic E-state index is 0.523. The van der Waals surface area contributed by atoms with Crippen molar-refractivity contribution in [3.8, 4) is 0 Å². The summed E-state index contributed by atoms with van der Waals surface area (Å²) in [6.45, 7) is 12.0. The lowest BCUT2D eigenvalue weighted by molar-refractivity contribution is 0.343. The van der Waals surface area contributed by atoms with Crippen LogP contribution in [0, 0.1) is 11.8 Å². The predicted molar refractivity (Wildman–Crippen MR) is 82.8 cm³/mol. The summed E-state index contributed by atoms with van der Waals surface area (Å²) in [5, 5.41) is 8.90. The maximum atomic E-state index is 6.44. The lowest BCUT2D eigenvalue weighted by atomic mass is 9.90. The van der Waals surface area contributed by atoms with Gasteiger partial charge in [-0.2, -0.15) is 5.10 Å². The van der Waals surface area contributed by atoms with Gasteiger partial charge in [0.1, 0.15) is 0 Å². The van der Waals surface area contributed by atoms with Crippen LogP contribution < -0.4 is 5.32 Å².